The topological polar surface area (TPSA) is 52.0 Å². The molecule has 3 aromatic rings. The first-order valence-electron chi connectivity index (χ1n) is 6.12. The minimum atomic E-state index is 0.608. The van der Waals surface area contributed by atoms with Crippen LogP contribution in [-0.4, -0.2) is 11.5 Å². The van der Waals surface area contributed by atoms with Gasteiger partial charge in [-0.25, -0.2) is 4.98 Å². The molecule has 4 heteroatoms. The maximum atomic E-state index is 5.87. The second kappa shape index (κ2) is 5.03. The summed E-state index contributed by atoms with van der Waals surface area (Å²) >= 11 is 5.87. The van der Waals surface area contributed by atoms with Crippen molar-refractivity contribution in [3.8, 4) is 11.5 Å². The zero-order valence-electron chi connectivity index (χ0n) is 10.3. The standard InChI is InChI=1S/C15H13ClN2O/c16-12-4-2-11(3-5-12)15-18-13-9-10(7-8-17)1-6-14(13)19-15/h1-6,9H,7-8,17H2. The van der Waals surface area contributed by atoms with Gasteiger partial charge in [0.1, 0.15) is 5.52 Å². The quantitative estimate of drug-likeness (QED) is 0.792. The number of oxazole rings is 1. The van der Waals surface area contributed by atoms with Crippen molar-refractivity contribution >= 4 is 22.7 Å². The number of hydrogen-bond donors (Lipinski definition) is 1. The van der Waals surface area contributed by atoms with Gasteiger partial charge < -0.3 is 10.2 Å². The number of nitrogens with zero attached hydrogens (tertiary/aromatic N) is 1. The van der Waals surface area contributed by atoms with Gasteiger partial charge in [-0.3, -0.25) is 0 Å². The number of nitrogens with two attached hydrogens (primary N) is 1. The van der Waals surface area contributed by atoms with Gasteiger partial charge in [-0.1, -0.05) is 17.7 Å². The first kappa shape index (κ1) is 12.2. The van der Waals surface area contributed by atoms with Gasteiger partial charge in [-0.2, -0.15) is 0 Å². The third-order valence-corrected chi connectivity index (χ3v) is 3.23. The fraction of sp³-hybridized carbons (Fsp3) is 0.133. The van der Waals surface area contributed by atoms with E-state index in [0.29, 0.717) is 17.5 Å². The van der Waals surface area contributed by atoms with E-state index in [-0.39, 0.29) is 0 Å². The normalized spacial score (nSPS) is 11.1. The van der Waals surface area contributed by atoms with Gasteiger partial charge in [0.15, 0.2) is 5.58 Å². The number of benzene rings is 2. The van der Waals surface area contributed by atoms with Crippen LogP contribution in [0.3, 0.4) is 0 Å². The molecule has 0 amide bonds. The van der Waals surface area contributed by atoms with Crippen LogP contribution < -0.4 is 5.73 Å². The number of aromatic nitrogens is 1. The van der Waals surface area contributed by atoms with Crippen molar-refractivity contribution in [2.45, 2.75) is 6.42 Å². The number of halogens is 1. The van der Waals surface area contributed by atoms with Gasteiger partial charge in [0.2, 0.25) is 5.89 Å². The molecule has 1 heterocycles. The van der Waals surface area contributed by atoms with Gasteiger partial charge >= 0.3 is 0 Å². The zero-order valence-corrected chi connectivity index (χ0v) is 11.0. The Hall–Kier alpha value is -1.84. The maximum absolute atomic E-state index is 5.87. The Labute approximate surface area is 116 Å². The Balaban J connectivity index is 2.03. The van der Waals surface area contributed by atoms with E-state index in [4.69, 9.17) is 21.8 Å². The lowest BCUT2D eigenvalue weighted by Crippen LogP contribution is -2.02. The average molecular weight is 273 g/mol. The van der Waals surface area contributed by atoms with E-state index in [9.17, 15) is 0 Å². The van der Waals surface area contributed by atoms with E-state index in [1.54, 1.807) is 0 Å². The van der Waals surface area contributed by atoms with Crippen molar-refractivity contribution in [3.63, 3.8) is 0 Å². The largest absolute Gasteiger partial charge is 0.436 e. The molecule has 3 rings (SSSR count). The lowest BCUT2D eigenvalue weighted by atomic mass is 10.1. The molecule has 0 saturated carbocycles. The molecule has 2 N–H and O–H groups in total. The molecule has 96 valence electrons. The molecule has 0 saturated heterocycles. The van der Waals surface area contributed by atoms with Gasteiger partial charge in [-0.15, -0.1) is 0 Å². The van der Waals surface area contributed by atoms with Crippen LogP contribution in [0.2, 0.25) is 5.02 Å². The first-order chi connectivity index (χ1) is 9.26. The third-order valence-electron chi connectivity index (χ3n) is 2.98. The number of rotatable bonds is 3. The fourth-order valence-corrected chi connectivity index (χ4v) is 2.14. The van der Waals surface area contributed by atoms with Crippen LogP contribution in [0.15, 0.2) is 46.9 Å². The molecule has 0 radical (unpaired) electrons. The molecule has 0 atom stereocenters. The molecule has 1 aromatic heterocycles. The minimum Gasteiger partial charge on any atom is -0.436 e. The van der Waals surface area contributed by atoms with Gasteiger partial charge in [-0.05, 0) is 54.9 Å². The SMILES string of the molecule is NCCc1ccc2oc(-c3ccc(Cl)cc3)nc2c1. The average Bonchev–Trinajstić information content (AvgIpc) is 2.83. The summed E-state index contributed by atoms with van der Waals surface area (Å²) in [6.45, 7) is 0.632. The molecule has 0 fully saturated rings. The van der Waals surface area contributed by atoms with Crippen LogP contribution in [-0.2, 0) is 6.42 Å². The third kappa shape index (κ3) is 2.48. The van der Waals surface area contributed by atoms with E-state index < -0.39 is 0 Å². The van der Waals surface area contributed by atoms with Crippen LogP contribution in [0, 0.1) is 0 Å². The van der Waals surface area contributed by atoms with Crippen molar-refractivity contribution in [2.24, 2.45) is 5.73 Å². The number of hydrogen-bond acceptors (Lipinski definition) is 3. The Morgan fingerprint density at radius 3 is 2.63 bits per heavy atom. The highest BCUT2D eigenvalue weighted by Crippen LogP contribution is 2.26. The fourth-order valence-electron chi connectivity index (χ4n) is 2.01. The molecular formula is C15H13ClN2O. The summed E-state index contributed by atoms with van der Waals surface area (Å²) in [5.41, 5.74) is 9.29. The Kier molecular flexibility index (Phi) is 3.23. The maximum Gasteiger partial charge on any atom is 0.227 e. The van der Waals surface area contributed by atoms with E-state index in [0.717, 1.165) is 23.1 Å². The number of fused-ring (bicyclic) bond motifs is 1. The molecule has 3 nitrogen and oxygen atoms in total. The molecule has 0 aliphatic heterocycles. The molecule has 0 spiro atoms. The summed E-state index contributed by atoms with van der Waals surface area (Å²) in [4.78, 5) is 4.50. The van der Waals surface area contributed by atoms with Crippen molar-refractivity contribution in [2.75, 3.05) is 6.54 Å². The highest BCUT2D eigenvalue weighted by Gasteiger charge is 2.08. The van der Waals surface area contributed by atoms with Gasteiger partial charge in [0.25, 0.3) is 0 Å². The van der Waals surface area contributed by atoms with E-state index in [1.807, 2.05) is 42.5 Å². The smallest absolute Gasteiger partial charge is 0.227 e. The van der Waals surface area contributed by atoms with Crippen LogP contribution in [0.4, 0.5) is 0 Å². The molecule has 0 aliphatic rings. The molecule has 0 aliphatic carbocycles. The Bertz CT molecular complexity index is 704. The predicted molar refractivity (Wildman–Crippen MR) is 77.2 cm³/mol. The lowest BCUT2D eigenvalue weighted by molar-refractivity contribution is 0.620. The van der Waals surface area contributed by atoms with E-state index in [1.165, 1.54) is 5.56 Å². The summed E-state index contributed by atoms with van der Waals surface area (Å²) in [6.07, 6.45) is 0.846. The Morgan fingerprint density at radius 1 is 1.11 bits per heavy atom. The zero-order chi connectivity index (χ0) is 13.2. The van der Waals surface area contributed by atoms with Crippen LogP contribution in [0.5, 0.6) is 0 Å². The highest BCUT2D eigenvalue weighted by molar-refractivity contribution is 6.30. The van der Waals surface area contributed by atoms with Crippen molar-refractivity contribution < 1.29 is 4.42 Å². The summed E-state index contributed by atoms with van der Waals surface area (Å²) < 4.78 is 5.74. The van der Waals surface area contributed by atoms with Crippen LogP contribution >= 0.6 is 11.6 Å². The highest BCUT2D eigenvalue weighted by atomic mass is 35.5. The molecule has 0 unspecified atom stereocenters. The van der Waals surface area contributed by atoms with Crippen molar-refractivity contribution in [1.29, 1.82) is 0 Å². The molecule has 0 bridgehead atoms. The predicted octanol–water partition coefficient (Wildman–Crippen LogP) is 3.65. The molecular weight excluding hydrogens is 260 g/mol. The molecule has 19 heavy (non-hydrogen) atoms. The van der Waals surface area contributed by atoms with Crippen molar-refractivity contribution in [3.05, 3.63) is 53.1 Å². The minimum absolute atomic E-state index is 0.608. The van der Waals surface area contributed by atoms with Gasteiger partial charge in [0.05, 0.1) is 0 Å². The summed E-state index contributed by atoms with van der Waals surface area (Å²) in [7, 11) is 0. The monoisotopic (exact) mass is 272 g/mol. The van der Waals surface area contributed by atoms with Crippen LogP contribution in [0.25, 0.3) is 22.6 Å². The van der Waals surface area contributed by atoms with Crippen LogP contribution in [0.1, 0.15) is 5.56 Å². The second-order valence-corrected chi connectivity index (χ2v) is 4.80. The first-order valence-corrected chi connectivity index (χ1v) is 6.49. The van der Waals surface area contributed by atoms with Crippen molar-refractivity contribution in [1.82, 2.24) is 4.98 Å². The van der Waals surface area contributed by atoms with Gasteiger partial charge in [0, 0.05) is 10.6 Å². The molecule has 2 aromatic carbocycles. The Morgan fingerprint density at radius 2 is 1.89 bits per heavy atom. The summed E-state index contributed by atoms with van der Waals surface area (Å²) in [6, 6.07) is 13.4. The second-order valence-electron chi connectivity index (χ2n) is 4.37. The van der Waals surface area contributed by atoms with E-state index >= 15 is 0 Å². The summed E-state index contributed by atoms with van der Waals surface area (Å²) in [5, 5.41) is 0.699. The van der Waals surface area contributed by atoms with E-state index in [2.05, 4.69) is 4.98 Å². The lowest BCUT2D eigenvalue weighted by Gasteiger charge is -1.95. The summed E-state index contributed by atoms with van der Waals surface area (Å²) in [5.74, 6) is 0.608.